The standard InChI is InChI=1S/C14H14N4O/c1-3-18-9-5-7-11-13(18)16-12-10(6-4-8-15-12)14(19)17(11)2/h4-9H,3H2,1-2H3. The zero-order valence-corrected chi connectivity index (χ0v) is 10.9. The van der Waals surface area contributed by atoms with Gasteiger partial charge in [0.2, 0.25) is 0 Å². The molecule has 2 aliphatic rings. The highest BCUT2D eigenvalue weighted by Crippen LogP contribution is 2.27. The number of amidine groups is 1. The number of hydrogen-bond acceptors (Lipinski definition) is 4. The summed E-state index contributed by atoms with van der Waals surface area (Å²) in [6, 6.07) is 3.51. The van der Waals surface area contributed by atoms with Crippen LogP contribution in [0.4, 0.5) is 5.82 Å². The molecule has 1 amide bonds. The van der Waals surface area contributed by atoms with Crippen molar-refractivity contribution in [2.24, 2.45) is 4.99 Å². The van der Waals surface area contributed by atoms with Gasteiger partial charge in [0.25, 0.3) is 5.91 Å². The Labute approximate surface area is 111 Å². The SMILES string of the molecule is CCN1C=CC=C2C1=Nc1ncccc1C(=O)N2C. The van der Waals surface area contributed by atoms with Gasteiger partial charge in [-0.2, -0.15) is 0 Å². The Bertz CT molecular complexity index is 630. The number of likely N-dealkylation sites (N-methyl/N-ethyl adjacent to an activating group) is 2. The predicted molar refractivity (Wildman–Crippen MR) is 73.0 cm³/mol. The van der Waals surface area contributed by atoms with Crippen LogP contribution in [0.2, 0.25) is 0 Å². The molecule has 2 aliphatic heterocycles. The summed E-state index contributed by atoms with van der Waals surface area (Å²) in [6.07, 6.45) is 7.42. The van der Waals surface area contributed by atoms with E-state index in [-0.39, 0.29) is 5.91 Å². The van der Waals surface area contributed by atoms with Gasteiger partial charge in [-0.25, -0.2) is 9.98 Å². The topological polar surface area (TPSA) is 48.8 Å². The van der Waals surface area contributed by atoms with Gasteiger partial charge >= 0.3 is 0 Å². The van der Waals surface area contributed by atoms with Crippen LogP contribution in [-0.2, 0) is 0 Å². The van der Waals surface area contributed by atoms with E-state index in [0.29, 0.717) is 11.4 Å². The van der Waals surface area contributed by atoms with E-state index in [1.54, 1.807) is 30.3 Å². The average molecular weight is 254 g/mol. The monoisotopic (exact) mass is 254 g/mol. The van der Waals surface area contributed by atoms with Crippen LogP contribution in [0.3, 0.4) is 0 Å². The molecule has 0 fully saturated rings. The van der Waals surface area contributed by atoms with Gasteiger partial charge in [-0.1, -0.05) is 0 Å². The van der Waals surface area contributed by atoms with Crippen molar-refractivity contribution in [3.8, 4) is 0 Å². The van der Waals surface area contributed by atoms with Crippen molar-refractivity contribution in [3.05, 3.63) is 47.9 Å². The van der Waals surface area contributed by atoms with Gasteiger partial charge in [0.05, 0.1) is 11.3 Å². The van der Waals surface area contributed by atoms with Crippen LogP contribution in [0.15, 0.2) is 47.4 Å². The first-order valence-corrected chi connectivity index (χ1v) is 6.19. The molecule has 0 N–H and O–H groups in total. The third-order valence-electron chi connectivity index (χ3n) is 3.26. The summed E-state index contributed by atoms with van der Waals surface area (Å²) < 4.78 is 0. The fourth-order valence-electron chi connectivity index (χ4n) is 2.21. The lowest BCUT2D eigenvalue weighted by molar-refractivity contribution is 0.0843. The van der Waals surface area contributed by atoms with Crippen molar-refractivity contribution in [1.29, 1.82) is 0 Å². The normalized spacial score (nSPS) is 17.5. The van der Waals surface area contributed by atoms with E-state index in [9.17, 15) is 4.79 Å². The number of aromatic nitrogens is 1. The largest absolute Gasteiger partial charge is 0.332 e. The van der Waals surface area contributed by atoms with E-state index in [1.807, 2.05) is 30.2 Å². The van der Waals surface area contributed by atoms with Gasteiger partial charge < -0.3 is 9.80 Å². The summed E-state index contributed by atoms with van der Waals surface area (Å²) >= 11 is 0. The number of amides is 1. The van der Waals surface area contributed by atoms with E-state index in [1.165, 1.54) is 0 Å². The Balaban J connectivity index is 2.22. The molecule has 96 valence electrons. The summed E-state index contributed by atoms with van der Waals surface area (Å²) in [5, 5.41) is 0. The van der Waals surface area contributed by atoms with Gasteiger partial charge in [0.15, 0.2) is 11.7 Å². The molecular weight excluding hydrogens is 240 g/mol. The van der Waals surface area contributed by atoms with Crippen molar-refractivity contribution in [2.75, 3.05) is 13.6 Å². The Kier molecular flexibility index (Phi) is 2.67. The number of carbonyl (C=O) groups is 1. The minimum absolute atomic E-state index is 0.0838. The van der Waals surface area contributed by atoms with Crippen LogP contribution in [0.25, 0.3) is 0 Å². The number of nitrogens with zero attached hydrogens (tertiary/aromatic N) is 4. The summed E-state index contributed by atoms with van der Waals surface area (Å²) in [5.74, 6) is 1.16. The number of fused-ring (bicyclic) bond motifs is 2. The van der Waals surface area contributed by atoms with Crippen molar-refractivity contribution in [1.82, 2.24) is 14.8 Å². The molecule has 1 aromatic rings. The highest BCUT2D eigenvalue weighted by molar-refractivity contribution is 6.11. The summed E-state index contributed by atoms with van der Waals surface area (Å²) in [4.78, 5) is 24.8. The molecule has 19 heavy (non-hydrogen) atoms. The molecule has 0 aromatic carbocycles. The molecule has 5 nitrogen and oxygen atoms in total. The fourth-order valence-corrected chi connectivity index (χ4v) is 2.21. The first-order chi connectivity index (χ1) is 9.22. The second-order valence-corrected chi connectivity index (χ2v) is 4.35. The summed E-state index contributed by atoms with van der Waals surface area (Å²) in [6.45, 7) is 2.83. The van der Waals surface area contributed by atoms with Crippen molar-refractivity contribution in [2.45, 2.75) is 6.92 Å². The minimum atomic E-state index is -0.0838. The molecule has 0 radical (unpaired) electrons. The number of allylic oxidation sites excluding steroid dienone is 2. The average Bonchev–Trinajstić information content (AvgIpc) is 2.56. The number of rotatable bonds is 1. The molecule has 0 atom stereocenters. The van der Waals surface area contributed by atoms with E-state index in [0.717, 1.165) is 18.1 Å². The Morgan fingerprint density at radius 3 is 3.00 bits per heavy atom. The quantitative estimate of drug-likeness (QED) is 0.769. The summed E-state index contributed by atoms with van der Waals surface area (Å²) in [7, 11) is 1.76. The molecular formula is C14H14N4O. The molecule has 0 unspecified atom stereocenters. The maximum atomic E-state index is 12.4. The van der Waals surface area contributed by atoms with Gasteiger partial charge in [-0.3, -0.25) is 4.79 Å². The Morgan fingerprint density at radius 1 is 1.37 bits per heavy atom. The van der Waals surface area contributed by atoms with Gasteiger partial charge in [0, 0.05) is 26.0 Å². The van der Waals surface area contributed by atoms with Crippen molar-refractivity contribution >= 4 is 17.6 Å². The number of hydrogen-bond donors (Lipinski definition) is 0. The fraction of sp³-hybridized carbons (Fsp3) is 0.214. The van der Waals surface area contributed by atoms with Crippen molar-refractivity contribution < 1.29 is 4.79 Å². The lowest BCUT2D eigenvalue weighted by atomic mass is 10.2. The maximum Gasteiger partial charge on any atom is 0.261 e. The molecule has 5 heteroatoms. The number of pyridine rings is 1. The maximum absolute atomic E-state index is 12.4. The lowest BCUT2D eigenvalue weighted by Gasteiger charge is -2.28. The molecule has 0 saturated carbocycles. The lowest BCUT2D eigenvalue weighted by Crippen LogP contribution is -2.37. The molecule has 3 heterocycles. The van der Waals surface area contributed by atoms with E-state index in [4.69, 9.17) is 0 Å². The molecule has 0 spiro atoms. The Hall–Kier alpha value is -2.43. The van der Waals surface area contributed by atoms with Gasteiger partial charge in [-0.15, -0.1) is 0 Å². The first-order valence-electron chi connectivity index (χ1n) is 6.19. The van der Waals surface area contributed by atoms with Crippen LogP contribution in [-0.4, -0.2) is 40.1 Å². The predicted octanol–water partition coefficient (Wildman–Crippen LogP) is 1.93. The third-order valence-corrected chi connectivity index (χ3v) is 3.26. The van der Waals surface area contributed by atoms with Crippen LogP contribution in [0, 0.1) is 0 Å². The molecule has 0 saturated heterocycles. The minimum Gasteiger partial charge on any atom is -0.332 e. The zero-order chi connectivity index (χ0) is 13.4. The van der Waals surface area contributed by atoms with Crippen LogP contribution < -0.4 is 0 Å². The Morgan fingerprint density at radius 2 is 2.21 bits per heavy atom. The molecule has 1 aromatic heterocycles. The number of carbonyl (C=O) groups excluding carboxylic acids is 1. The highest BCUT2D eigenvalue weighted by Gasteiger charge is 2.29. The second kappa shape index (κ2) is 4.35. The van der Waals surface area contributed by atoms with Crippen molar-refractivity contribution in [3.63, 3.8) is 0 Å². The smallest absolute Gasteiger partial charge is 0.261 e. The van der Waals surface area contributed by atoms with Crippen LogP contribution in [0.5, 0.6) is 0 Å². The van der Waals surface area contributed by atoms with Crippen LogP contribution in [0.1, 0.15) is 17.3 Å². The van der Waals surface area contributed by atoms with Gasteiger partial charge in [0.1, 0.15) is 0 Å². The highest BCUT2D eigenvalue weighted by atomic mass is 16.2. The molecule has 3 rings (SSSR count). The van der Waals surface area contributed by atoms with E-state index in [2.05, 4.69) is 9.98 Å². The van der Waals surface area contributed by atoms with E-state index >= 15 is 0 Å². The van der Waals surface area contributed by atoms with E-state index < -0.39 is 0 Å². The molecule has 0 bridgehead atoms. The zero-order valence-electron chi connectivity index (χ0n) is 10.9. The second-order valence-electron chi connectivity index (χ2n) is 4.35. The third kappa shape index (κ3) is 1.74. The summed E-state index contributed by atoms with van der Waals surface area (Å²) in [5.41, 5.74) is 1.33. The van der Waals surface area contributed by atoms with Gasteiger partial charge in [-0.05, 0) is 31.2 Å². The molecule has 0 aliphatic carbocycles. The first kappa shape index (κ1) is 11.6. The number of aliphatic imine (C=N–C) groups is 1. The van der Waals surface area contributed by atoms with Crippen LogP contribution >= 0.6 is 0 Å².